The number of fused-ring (bicyclic) bond motifs is 3. The summed E-state index contributed by atoms with van der Waals surface area (Å²) in [5.41, 5.74) is 6.06. The Kier molecular flexibility index (Phi) is 13.6. The number of halogens is 2. The molecule has 0 aromatic heterocycles. The van der Waals surface area contributed by atoms with E-state index in [1.54, 1.807) is 0 Å². The van der Waals surface area contributed by atoms with E-state index < -0.39 is 5.41 Å². The third-order valence-electron chi connectivity index (χ3n) is 8.54. The first-order chi connectivity index (χ1) is 18.5. The van der Waals surface area contributed by atoms with Gasteiger partial charge < -0.3 is 0 Å². The zero-order valence-corrected chi connectivity index (χ0v) is 27.5. The summed E-state index contributed by atoms with van der Waals surface area (Å²) in [4.78, 5) is 14.5. The Morgan fingerprint density at radius 3 is 1.92 bits per heavy atom. The molecule has 0 saturated heterocycles. The van der Waals surface area contributed by atoms with Crippen molar-refractivity contribution in [3.8, 4) is 11.1 Å². The summed E-state index contributed by atoms with van der Waals surface area (Å²) in [7, 11) is 0. The SMILES string of the molecule is CCCCCCCCC(=O)C1(CCCCCCCC)c2cc(Br)ccc2-c2c(CCCCC)cc(Br)cc21. The molecule has 0 N–H and O–H groups in total. The second kappa shape index (κ2) is 16.4. The topological polar surface area (TPSA) is 17.1 Å². The van der Waals surface area contributed by atoms with Crippen molar-refractivity contribution in [3.05, 3.63) is 56.0 Å². The number of carbonyl (C=O) groups is 1. The molecular weight excluding hydrogens is 596 g/mol. The number of aryl methyl sites for hydroxylation is 1. The third kappa shape index (κ3) is 7.84. The normalized spacial score (nSPS) is 16.0. The number of benzene rings is 2. The Labute approximate surface area is 250 Å². The second-order valence-electron chi connectivity index (χ2n) is 11.5. The largest absolute Gasteiger partial charge is 0.298 e. The standard InChI is InChI=1S/C35H50Br2O/c1-4-7-10-12-14-17-20-33(38)35(23-18-15-13-11-8-5-2)31-25-28(36)21-22-30(31)34-27(19-16-9-6-3)24-29(37)26-32(34)35/h21-22,24-26H,4-20,23H2,1-3H3. The van der Waals surface area contributed by atoms with Gasteiger partial charge in [-0.1, -0.05) is 142 Å². The number of Topliss-reactive ketones (excluding diaryl/α,β-unsaturated/α-hetero) is 1. The fourth-order valence-electron chi connectivity index (χ4n) is 6.47. The van der Waals surface area contributed by atoms with Crippen LogP contribution in [0.5, 0.6) is 0 Å². The molecule has 2 aromatic rings. The lowest BCUT2D eigenvalue weighted by molar-refractivity contribution is -0.123. The van der Waals surface area contributed by atoms with Gasteiger partial charge in [-0.3, -0.25) is 4.79 Å². The van der Waals surface area contributed by atoms with E-state index in [2.05, 4.69) is 83.0 Å². The molecule has 1 aliphatic carbocycles. The van der Waals surface area contributed by atoms with Gasteiger partial charge in [-0.05, 0) is 77.8 Å². The minimum absolute atomic E-state index is 0.442. The Bertz CT molecular complexity index is 1030. The van der Waals surface area contributed by atoms with Crippen LogP contribution in [0.25, 0.3) is 11.1 Å². The number of hydrogen-bond acceptors (Lipinski definition) is 1. The van der Waals surface area contributed by atoms with Crippen molar-refractivity contribution >= 4 is 37.6 Å². The van der Waals surface area contributed by atoms with Crippen LogP contribution in [0.1, 0.15) is 147 Å². The van der Waals surface area contributed by atoms with Gasteiger partial charge in [0.15, 0.2) is 0 Å². The van der Waals surface area contributed by atoms with Gasteiger partial charge in [0.2, 0.25) is 0 Å². The van der Waals surface area contributed by atoms with E-state index in [1.165, 1.54) is 105 Å². The Morgan fingerprint density at radius 2 is 1.24 bits per heavy atom. The van der Waals surface area contributed by atoms with Gasteiger partial charge in [0.25, 0.3) is 0 Å². The molecule has 0 spiro atoms. The molecule has 2 aromatic carbocycles. The van der Waals surface area contributed by atoms with Gasteiger partial charge in [0.1, 0.15) is 5.78 Å². The van der Waals surface area contributed by atoms with Crippen LogP contribution in [0.4, 0.5) is 0 Å². The van der Waals surface area contributed by atoms with Crippen LogP contribution in [0.3, 0.4) is 0 Å². The quantitative estimate of drug-likeness (QED) is 0.139. The molecule has 210 valence electrons. The van der Waals surface area contributed by atoms with Crippen molar-refractivity contribution in [1.82, 2.24) is 0 Å². The number of rotatable bonds is 19. The summed E-state index contributed by atoms with van der Waals surface area (Å²) in [5, 5.41) is 0. The lowest BCUT2D eigenvalue weighted by atomic mass is 9.69. The first-order valence-corrected chi connectivity index (χ1v) is 17.2. The van der Waals surface area contributed by atoms with Gasteiger partial charge in [-0.2, -0.15) is 0 Å². The highest BCUT2D eigenvalue weighted by Crippen LogP contribution is 2.55. The van der Waals surface area contributed by atoms with Crippen molar-refractivity contribution in [2.75, 3.05) is 0 Å². The van der Waals surface area contributed by atoms with Crippen LogP contribution in [0.2, 0.25) is 0 Å². The molecule has 0 aliphatic heterocycles. The molecule has 1 aliphatic rings. The molecule has 1 unspecified atom stereocenters. The van der Waals surface area contributed by atoms with Crippen molar-refractivity contribution in [1.29, 1.82) is 0 Å². The maximum Gasteiger partial charge on any atom is 0.147 e. The number of carbonyl (C=O) groups excluding carboxylic acids is 1. The van der Waals surface area contributed by atoms with Crippen molar-refractivity contribution in [3.63, 3.8) is 0 Å². The average Bonchev–Trinajstić information content (AvgIpc) is 3.17. The minimum atomic E-state index is -0.522. The zero-order chi connectivity index (χ0) is 27.4. The molecular formula is C35H50Br2O. The molecule has 1 atom stereocenters. The number of ketones is 1. The smallest absolute Gasteiger partial charge is 0.147 e. The summed E-state index contributed by atoms with van der Waals surface area (Å²) in [6.07, 6.45) is 21.1. The predicted octanol–water partition coefficient (Wildman–Crippen LogP) is 12.3. The maximum atomic E-state index is 14.5. The van der Waals surface area contributed by atoms with Crippen LogP contribution in [0, 0.1) is 0 Å². The maximum absolute atomic E-state index is 14.5. The fraction of sp³-hybridized carbons (Fsp3) is 0.629. The van der Waals surface area contributed by atoms with Crippen molar-refractivity contribution < 1.29 is 4.79 Å². The molecule has 3 rings (SSSR count). The molecule has 0 heterocycles. The van der Waals surface area contributed by atoms with Crippen LogP contribution in [0.15, 0.2) is 39.3 Å². The Hall–Kier alpha value is -0.930. The molecule has 1 nitrogen and oxygen atoms in total. The van der Waals surface area contributed by atoms with Gasteiger partial charge in [-0.25, -0.2) is 0 Å². The van der Waals surface area contributed by atoms with Gasteiger partial charge in [0, 0.05) is 15.4 Å². The molecule has 0 fully saturated rings. The molecule has 3 heteroatoms. The highest BCUT2D eigenvalue weighted by Gasteiger charge is 2.48. The van der Waals surface area contributed by atoms with Crippen LogP contribution in [-0.4, -0.2) is 5.78 Å². The highest BCUT2D eigenvalue weighted by molar-refractivity contribution is 9.10. The van der Waals surface area contributed by atoms with E-state index in [9.17, 15) is 4.79 Å². The predicted molar refractivity (Wildman–Crippen MR) is 172 cm³/mol. The van der Waals surface area contributed by atoms with Crippen LogP contribution in [-0.2, 0) is 16.6 Å². The highest BCUT2D eigenvalue weighted by atomic mass is 79.9. The summed E-state index contributed by atoms with van der Waals surface area (Å²) >= 11 is 7.63. The van der Waals surface area contributed by atoms with Crippen LogP contribution >= 0.6 is 31.9 Å². The summed E-state index contributed by atoms with van der Waals surface area (Å²) in [6, 6.07) is 11.3. The van der Waals surface area contributed by atoms with E-state index in [0.717, 1.165) is 41.0 Å². The lowest BCUT2D eigenvalue weighted by Crippen LogP contribution is -2.35. The van der Waals surface area contributed by atoms with Crippen LogP contribution < -0.4 is 0 Å². The molecule has 0 saturated carbocycles. The first-order valence-electron chi connectivity index (χ1n) is 15.7. The second-order valence-corrected chi connectivity index (χ2v) is 13.3. The lowest BCUT2D eigenvalue weighted by Gasteiger charge is -2.31. The third-order valence-corrected chi connectivity index (χ3v) is 9.49. The molecule has 0 amide bonds. The van der Waals surface area contributed by atoms with Crippen molar-refractivity contribution in [2.24, 2.45) is 0 Å². The summed E-state index contributed by atoms with van der Waals surface area (Å²) in [6.45, 7) is 6.80. The van der Waals surface area contributed by atoms with E-state index in [0.29, 0.717) is 12.2 Å². The van der Waals surface area contributed by atoms with E-state index in [-0.39, 0.29) is 0 Å². The number of unbranched alkanes of at least 4 members (excludes halogenated alkanes) is 12. The minimum Gasteiger partial charge on any atom is -0.298 e. The Morgan fingerprint density at radius 1 is 0.658 bits per heavy atom. The first kappa shape index (κ1) is 31.6. The molecule has 0 radical (unpaired) electrons. The van der Waals surface area contributed by atoms with E-state index >= 15 is 0 Å². The molecule has 38 heavy (non-hydrogen) atoms. The van der Waals surface area contributed by atoms with E-state index in [1.807, 2.05) is 0 Å². The van der Waals surface area contributed by atoms with Crippen molar-refractivity contribution in [2.45, 2.75) is 142 Å². The molecule has 0 bridgehead atoms. The van der Waals surface area contributed by atoms with E-state index in [4.69, 9.17) is 0 Å². The Balaban J connectivity index is 2.00. The number of hydrogen-bond donors (Lipinski definition) is 0. The zero-order valence-electron chi connectivity index (χ0n) is 24.3. The van der Waals surface area contributed by atoms with Gasteiger partial charge in [0.05, 0.1) is 5.41 Å². The fourth-order valence-corrected chi connectivity index (χ4v) is 7.34. The summed E-state index contributed by atoms with van der Waals surface area (Å²) in [5.74, 6) is 0.442. The average molecular weight is 647 g/mol. The van der Waals surface area contributed by atoms with Gasteiger partial charge >= 0.3 is 0 Å². The van der Waals surface area contributed by atoms with Gasteiger partial charge in [-0.15, -0.1) is 0 Å². The monoisotopic (exact) mass is 644 g/mol. The summed E-state index contributed by atoms with van der Waals surface area (Å²) < 4.78 is 2.20.